The molecular weight excluding hydrogens is 617 g/mol. The predicted molar refractivity (Wildman–Crippen MR) is 150 cm³/mol. The number of aliphatic imine (C=N–C) groups is 1. The van der Waals surface area contributed by atoms with Crippen LogP contribution in [-0.2, 0) is 11.4 Å². The minimum atomic E-state index is -0.441. The normalized spacial score (nSPS) is 15.2. The molecule has 1 aliphatic rings. The largest absolute Gasteiger partial charge is 0.490 e. The lowest BCUT2D eigenvalue weighted by Crippen LogP contribution is -2.19. The van der Waals surface area contributed by atoms with E-state index < -0.39 is 4.92 Å². The monoisotopic (exact) mass is 635 g/mol. The molecular formula is C25H19ClIN3O5S. The number of amides is 1. The SMILES string of the molecule is CCOc1cc(/C=C2\SC(=Nc3ccc(Cl)cc3)NC2=O)cc(I)c1OCc1ccc([N+](=O)[O-])cc1. The molecule has 8 nitrogen and oxygen atoms in total. The molecule has 3 aromatic rings. The van der Waals surface area contributed by atoms with Gasteiger partial charge in [0.25, 0.3) is 11.6 Å². The molecule has 0 saturated carbocycles. The van der Waals surface area contributed by atoms with E-state index in [1.807, 2.05) is 19.1 Å². The quantitative estimate of drug-likeness (QED) is 0.128. The van der Waals surface area contributed by atoms with Gasteiger partial charge in [0.05, 0.1) is 25.7 Å². The van der Waals surface area contributed by atoms with E-state index in [9.17, 15) is 14.9 Å². The Labute approximate surface area is 230 Å². The number of ether oxygens (including phenoxy) is 2. The number of nitro groups is 1. The van der Waals surface area contributed by atoms with Crippen molar-refractivity contribution >= 4 is 74.5 Å². The summed E-state index contributed by atoms with van der Waals surface area (Å²) in [5, 5.41) is 14.7. The summed E-state index contributed by atoms with van der Waals surface area (Å²) in [5.74, 6) is 0.863. The Hall–Kier alpha value is -3.09. The van der Waals surface area contributed by atoms with Crippen LogP contribution in [0, 0.1) is 13.7 Å². The second-order valence-corrected chi connectivity index (χ2v) is 10.1. The Kier molecular flexibility index (Phi) is 8.49. The highest BCUT2D eigenvalue weighted by molar-refractivity contribution is 14.1. The maximum absolute atomic E-state index is 12.5. The molecule has 1 fully saturated rings. The lowest BCUT2D eigenvalue weighted by atomic mass is 10.1. The van der Waals surface area contributed by atoms with Crippen molar-refractivity contribution in [2.24, 2.45) is 4.99 Å². The van der Waals surface area contributed by atoms with Crippen LogP contribution in [-0.4, -0.2) is 22.6 Å². The van der Waals surface area contributed by atoms with E-state index in [2.05, 4.69) is 32.9 Å². The van der Waals surface area contributed by atoms with Gasteiger partial charge in [-0.2, -0.15) is 0 Å². The zero-order chi connectivity index (χ0) is 25.7. The number of carbonyl (C=O) groups is 1. The van der Waals surface area contributed by atoms with Crippen molar-refractivity contribution in [3.05, 3.63) is 95.4 Å². The van der Waals surface area contributed by atoms with Crippen molar-refractivity contribution in [1.29, 1.82) is 0 Å². The van der Waals surface area contributed by atoms with E-state index in [0.29, 0.717) is 38.9 Å². The molecule has 0 bridgehead atoms. The summed E-state index contributed by atoms with van der Waals surface area (Å²) >= 11 is 9.32. The minimum Gasteiger partial charge on any atom is -0.490 e. The van der Waals surface area contributed by atoms with E-state index in [1.165, 1.54) is 23.9 Å². The van der Waals surface area contributed by atoms with Gasteiger partial charge < -0.3 is 14.8 Å². The summed E-state index contributed by atoms with van der Waals surface area (Å²) in [6.45, 7) is 2.52. The van der Waals surface area contributed by atoms with Gasteiger partial charge in [-0.3, -0.25) is 14.9 Å². The van der Waals surface area contributed by atoms with E-state index in [-0.39, 0.29) is 18.2 Å². The summed E-state index contributed by atoms with van der Waals surface area (Å²) in [7, 11) is 0. The number of hydrogen-bond acceptors (Lipinski definition) is 7. The molecule has 0 aromatic heterocycles. The summed E-state index contributed by atoms with van der Waals surface area (Å²) < 4.78 is 12.6. The number of hydrogen-bond donors (Lipinski definition) is 1. The maximum atomic E-state index is 12.5. The molecule has 0 unspecified atom stereocenters. The van der Waals surface area contributed by atoms with Crippen LogP contribution in [0.25, 0.3) is 6.08 Å². The summed E-state index contributed by atoms with van der Waals surface area (Å²) in [4.78, 5) is 27.9. The van der Waals surface area contributed by atoms with Crippen LogP contribution < -0.4 is 14.8 Å². The zero-order valence-electron chi connectivity index (χ0n) is 18.9. The van der Waals surface area contributed by atoms with Gasteiger partial charge in [0.15, 0.2) is 16.7 Å². The molecule has 3 aromatic carbocycles. The van der Waals surface area contributed by atoms with Gasteiger partial charge in [-0.25, -0.2) is 4.99 Å². The van der Waals surface area contributed by atoms with Crippen LogP contribution in [0.1, 0.15) is 18.1 Å². The highest BCUT2D eigenvalue weighted by Gasteiger charge is 2.24. The van der Waals surface area contributed by atoms with Crippen LogP contribution in [0.15, 0.2) is 70.6 Å². The fourth-order valence-corrected chi connectivity index (χ4v) is 4.96. The molecule has 0 radical (unpaired) electrons. The predicted octanol–water partition coefficient (Wildman–Crippen LogP) is 6.72. The average Bonchev–Trinajstić information content (AvgIpc) is 3.18. The van der Waals surface area contributed by atoms with Gasteiger partial charge >= 0.3 is 0 Å². The number of amidine groups is 1. The smallest absolute Gasteiger partial charge is 0.269 e. The number of rotatable bonds is 8. The van der Waals surface area contributed by atoms with Crippen molar-refractivity contribution < 1.29 is 19.2 Å². The highest BCUT2D eigenvalue weighted by Crippen LogP contribution is 2.37. The maximum Gasteiger partial charge on any atom is 0.269 e. The first-order chi connectivity index (χ1) is 17.3. The number of halogens is 2. The van der Waals surface area contributed by atoms with Crippen LogP contribution in [0.2, 0.25) is 5.02 Å². The molecule has 0 atom stereocenters. The summed E-state index contributed by atoms with van der Waals surface area (Å²) in [6.07, 6.45) is 1.77. The molecule has 1 heterocycles. The molecule has 1 aliphatic heterocycles. The van der Waals surface area contributed by atoms with Crippen molar-refractivity contribution in [2.75, 3.05) is 6.61 Å². The van der Waals surface area contributed by atoms with Gasteiger partial charge in [0.1, 0.15) is 6.61 Å². The first-order valence-corrected chi connectivity index (χ1v) is 13.0. The standard InChI is InChI=1S/C25H19ClIN3O5S/c1-2-34-21-12-16(11-20(27)23(21)35-14-15-3-9-19(10-4-15)30(32)33)13-22-24(31)29-25(36-22)28-18-7-5-17(26)6-8-18/h3-13H,2,14H2,1H3,(H,28,29,31)/b22-13-. The molecule has 4 rings (SSSR count). The number of nitrogens with one attached hydrogen (secondary N) is 1. The van der Waals surface area contributed by atoms with Crippen molar-refractivity contribution in [1.82, 2.24) is 5.32 Å². The number of thioether (sulfide) groups is 1. The first kappa shape index (κ1) is 26.0. The van der Waals surface area contributed by atoms with Crippen LogP contribution in [0.4, 0.5) is 11.4 Å². The van der Waals surface area contributed by atoms with Gasteiger partial charge in [0.2, 0.25) is 0 Å². The molecule has 0 spiro atoms. The third-order valence-electron chi connectivity index (χ3n) is 4.87. The van der Waals surface area contributed by atoms with Crippen molar-refractivity contribution in [3.8, 4) is 11.5 Å². The van der Waals surface area contributed by atoms with Gasteiger partial charge in [-0.05, 0) is 107 Å². The molecule has 1 N–H and O–H groups in total. The fraction of sp³-hybridized carbons (Fsp3) is 0.120. The van der Waals surface area contributed by atoms with Gasteiger partial charge in [-0.1, -0.05) is 11.6 Å². The Morgan fingerprint density at radius 2 is 1.86 bits per heavy atom. The van der Waals surface area contributed by atoms with Crippen molar-refractivity contribution in [2.45, 2.75) is 13.5 Å². The van der Waals surface area contributed by atoms with Crippen LogP contribution in [0.3, 0.4) is 0 Å². The van der Waals surface area contributed by atoms with Crippen LogP contribution >= 0.6 is 46.0 Å². The summed E-state index contributed by atoms with van der Waals surface area (Å²) in [5.41, 5.74) is 2.27. The third kappa shape index (κ3) is 6.56. The van der Waals surface area contributed by atoms with Crippen LogP contribution in [0.5, 0.6) is 11.5 Å². The third-order valence-corrected chi connectivity index (χ3v) is 6.83. The Bertz CT molecular complexity index is 1360. The average molecular weight is 636 g/mol. The summed E-state index contributed by atoms with van der Waals surface area (Å²) in [6, 6.07) is 16.9. The highest BCUT2D eigenvalue weighted by atomic mass is 127. The molecule has 184 valence electrons. The Morgan fingerprint density at radius 3 is 2.53 bits per heavy atom. The van der Waals surface area contributed by atoms with E-state index in [0.717, 1.165) is 14.7 Å². The number of nitro benzene ring substituents is 1. The lowest BCUT2D eigenvalue weighted by Gasteiger charge is -2.15. The van der Waals surface area contributed by atoms with Gasteiger partial charge in [0, 0.05) is 17.2 Å². The topological polar surface area (TPSA) is 103 Å². The number of carbonyl (C=O) groups excluding carboxylic acids is 1. The fourth-order valence-electron chi connectivity index (χ4n) is 3.21. The van der Waals surface area contributed by atoms with Crippen molar-refractivity contribution in [3.63, 3.8) is 0 Å². The number of nitrogens with zero attached hydrogens (tertiary/aromatic N) is 2. The van der Waals surface area contributed by atoms with Gasteiger partial charge in [-0.15, -0.1) is 0 Å². The van der Waals surface area contributed by atoms with E-state index in [4.69, 9.17) is 21.1 Å². The second kappa shape index (κ2) is 11.8. The molecule has 0 aliphatic carbocycles. The Morgan fingerprint density at radius 1 is 1.14 bits per heavy atom. The lowest BCUT2D eigenvalue weighted by molar-refractivity contribution is -0.384. The number of non-ortho nitro benzene ring substituents is 1. The van der Waals surface area contributed by atoms with E-state index in [1.54, 1.807) is 42.5 Å². The number of benzene rings is 3. The molecule has 36 heavy (non-hydrogen) atoms. The molecule has 1 saturated heterocycles. The molecule has 1 amide bonds. The second-order valence-electron chi connectivity index (χ2n) is 7.43. The zero-order valence-corrected chi connectivity index (χ0v) is 22.6. The minimum absolute atomic E-state index is 0.0240. The molecule has 11 heteroatoms. The van der Waals surface area contributed by atoms with E-state index >= 15 is 0 Å². The first-order valence-electron chi connectivity index (χ1n) is 10.7. The Balaban J connectivity index is 1.53.